The fourth-order valence-corrected chi connectivity index (χ4v) is 3.27. The summed E-state index contributed by atoms with van der Waals surface area (Å²) < 4.78 is 43.4. The first kappa shape index (κ1) is 19.5. The van der Waals surface area contributed by atoms with Crippen molar-refractivity contribution in [3.63, 3.8) is 0 Å². The quantitative estimate of drug-likeness (QED) is 0.530. The van der Waals surface area contributed by atoms with E-state index in [0.717, 1.165) is 23.9 Å². The molecule has 0 fully saturated rings. The number of amides is 1. The van der Waals surface area contributed by atoms with Gasteiger partial charge in [-0.3, -0.25) is 4.79 Å². The molecule has 6 nitrogen and oxygen atoms in total. The van der Waals surface area contributed by atoms with E-state index in [-0.39, 0.29) is 11.4 Å². The molecule has 0 atom stereocenters. The third kappa shape index (κ3) is 6.52. The van der Waals surface area contributed by atoms with Gasteiger partial charge in [-0.15, -0.1) is 10.2 Å². The normalized spacial score (nSPS) is 11.4. The Hall–Kier alpha value is -1.85. The average Bonchev–Trinajstić information content (AvgIpc) is 3.01. The van der Waals surface area contributed by atoms with Crippen LogP contribution in [0, 0.1) is 0 Å². The van der Waals surface area contributed by atoms with E-state index in [0.29, 0.717) is 22.6 Å². The summed E-state index contributed by atoms with van der Waals surface area (Å²) in [5, 5.41) is 13.9. The van der Waals surface area contributed by atoms with Gasteiger partial charge in [-0.05, 0) is 18.2 Å². The smallest absolute Gasteiger partial charge is 0.383 e. The van der Waals surface area contributed by atoms with Gasteiger partial charge in [-0.25, -0.2) is 0 Å². The van der Waals surface area contributed by atoms with Gasteiger partial charge in [0, 0.05) is 19.3 Å². The fraction of sp³-hybridized carbons (Fsp3) is 0.357. The summed E-state index contributed by atoms with van der Waals surface area (Å²) >= 11 is 2.44. The van der Waals surface area contributed by atoms with E-state index in [4.69, 9.17) is 4.74 Å². The third-order valence-electron chi connectivity index (χ3n) is 2.79. The lowest BCUT2D eigenvalue weighted by atomic mass is 10.2. The molecule has 0 aliphatic carbocycles. The van der Waals surface area contributed by atoms with Crippen LogP contribution in [0.3, 0.4) is 0 Å². The van der Waals surface area contributed by atoms with Crippen LogP contribution in [0.2, 0.25) is 0 Å². The second-order valence-corrected chi connectivity index (χ2v) is 6.91. The number of benzene rings is 1. The van der Waals surface area contributed by atoms with Crippen LogP contribution in [-0.4, -0.2) is 42.1 Å². The zero-order valence-corrected chi connectivity index (χ0v) is 14.7. The monoisotopic (exact) mass is 392 g/mol. The first-order valence-electron chi connectivity index (χ1n) is 7.04. The molecule has 0 aliphatic heterocycles. The van der Waals surface area contributed by atoms with E-state index >= 15 is 0 Å². The minimum Gasteiger partial charge on any atom is -0.383 e. The number of anilines is 2. The molecule has 1 aromatic carbocycles. The molecule has 0 spiro atoms. The topological polar surface area (TPSA) is 76.1 Å². The molecule has 2 rings (SSSR count). The molecule has 0 unspecified atom stereocenters. The molecule has 1 amide bonds. The lowest BCUT2D eigenvalue weighted by molar-refractivity contribution is -0.137. The van der Waals surface area contributed by atoms with Gasteiger partial charge in [-0.2, -0.15) is 13.2 Å². The number of hydrogen-bond acceptors (Lipinski definition) is 7. The summed E-state index contributed by atoms with van der Waals surface area (Å²) in [7, 11) is 1.59. The van der Waals surface area contributed by atoms with E-state index in [2.05, 4.69) is 20.8 Å². The van der Waals surface area contributed by atoms with Gasteiger partial charge in [0.2, 0.25) is 11.0 Å². The molecule has 25 heavy (non-hydrogen) atoms. The lowest BCUT2D eigenvalue weighted by Gasteiger charge is -2.09. The van der Waals surface area contributed by atoms with Crippen LogP contribution in [0.5, 0.6) is 0 Å². The van der Waals surface area contributed by atoms with Crippen LogP contribution in [0.25, 0.3) is 0 Å². The predicted molar refractivity (Wildman–Crippen MR) is 91.1 cm³/mol. The van der Waals surface area contributed by atoms with Crippen LogP contribution < -0.4 is 10.6 Å². The van der Waals surface area contributed by atoms with Crippen molar-refractivity contribution < 1.29 is 22.7 Å². The first-order chi connectivity index (χ1) is 11.9. The second-order valence-electron chi connectivity index (χ2n) is 4.71. The SMILES string of the molecule is COCCNc1nnc(SCC(=O)Nc2cccc(C(F)(F)F)c2)s1. The Kier molecular flexibility index (Phi) is 7.02. The maximum absolute atomic E-state index is 12.6. The Morgan fingerprint density at radius 1 is 1.36 bits per heavy atom. The van der Waals surface area contributed by atoms with Gasteiger partial charge in [0.15, 0.2) is 4.34 Å². The second kappa shape index (κ2) is 9.02. The molecule has 136 valence electrons. The van der Waals surface area contributed by atoms with Crippen molar-refractivity contribution in [1.29, 1.82) is 0 Å². The van der Waals surface area contributed by atoms with E-state index in [9.17, 15) is 18.0 Å². The highest BCUT2D eigenvalue weighted by molar-refractivity contribution is 8.01. The standard InChI is InChI=1S/C14H15F3N4O2S2/c1-23-6-5-18-12-20-21-13(25-12)24-8-11(22)19-10-4-2-3-9(7-10)14(15,16)17/h2-4,7H,5-6,8H2,1H3,(H,18,20)(H,19,22). The molecule has 1 heterocycles. The van der Waals surface area contributed by atoms with Crippen molar-refractivity contribution in [2.45, 2.75) is 10.5 Å². The van der Waals surface area contributed by atoms with Crippen molar-refractivity contribution in [2.75, 3.05) is 36.6 Å². The predicted octanol–water partition coefficient (Wildman–Crippen LogP) is 3.35. The molecule has 0 saturated heterocycles. The Labute approximate surface area is 150 Å². The van der Waals surface area contributed by atoms with Gasteiger partial charge in [0.05, 0.1) is 17.9 Å². The van der Waals surface area contributed by atoms with Gasteiger partial charge >= 0.3 is 6.18 Å². The summed E-state index contributed by atoms with van der Waals surface area (Å²) in [6.45, 7) is 1.12. The lowest BCUT2D eigenvalue weighted by Crippen LogP contribution is -2.15. The van der Waals surface area contributed by atoms with E-state index in [1.165, 1.54) is 23.5 Å². The Morgan fingerprint density at radius 2 is 2.16 bits per heavy atom. The number of rotatable bonds is 8. The maximum atomic E-state index is 12.6. The molecular weight excluding hydrogens is 377 g/mol. The van der Waals surface area contributed by atoms with Gasteiger partial charge in [0.1, 0.15) is 0 Å². The number of aromatic nitrogens is 2. The summed E-state index contributed by atoms with van der Waals surface area (Å²) in [5.41, 5.74) is -0.714. The first-order valence-corrected chi connectivity index (χ1v) is 8.85. The molecule has 2 aromatic rings. The highest BCUT2D eigenvalue weighted by Gasteiger charge is 2.30. The Balaban J connectivity index is 1.83. The van der Waals surface area contributed by atoms with E-state index in [1.54, 1.807) is 7.11 Å². The van der Waals surface area contributed by atoms with Crippen molar-refractivity contribution in [2.24, 2.45) is 0 Å². The molecule has 0 aliphatic rings. The van der Waals surface area contributed by atoms with Crippen molar-refractivity contribution in [3.05, 3.63) is 29.8 Å². The average molecular weight is 392 g/mol. The van der Waals surface area contributed by atoms with Crippen molar-refractivity contribution in [1.82, 2.24) is 10.2 Å². The number of alkyl halides is 3. The Bertz CT molecular complexity index is 709. The van der Waals surface area contributed by atoms with Crippen LogP contribution in [-0.2, 0) is 15.7 Å². The fourth-order valence-electron chi connectivity index (χ4n) is 1.70. The number of ether oxygens (including phenoxy) is 1. The molecular formula is C14H15F3N4O2S2. The minimum atomic E-state index is -4.45. The number of hydrogen-bond donors (Lipinski definition) is 2. The van der Waals surface area contributed by atoms with Crippen LogP contribution in [0.4, 0.5) is 24.0 Å². The minimum absolute atomic E-state index is 0.0168. The number of carbonyl (C=O) groups excluding carboxylic acids is 1. The molecule has 0 radical (unpaired) electrons. The summed E-state index contributed by atoms with van der Waals surface area (Å²) in [4.78, 5) is 11.9. The van der Waals surface area contributed by atoms with E-state index < -0.39 is 17.6 Å². The summed E-state index contributed by atoms with van der Waals surface area (Å²) in [6.07, 6.45) is -4.45. The molecule has 2 N–H and O–H groups in total. The van der Waals surface area contributed by atoms with Gasteiger partial charge in [-0.1, -0.05) is 29.2 Å². The maximum Gasteiger partial charge on any atom is 0.416 e. The van der Waals surface area contributed by atoms with Gasteiger partial charge < -0.3 is 15.4 Å². The third-order valence-corrected chi connectivity index (χ3v) is 4.80. The Morgan fingerprint density at radius 3 is 2.88 bits per heavy atom. The molecule has 0 saturated carbocycles. The van der Waals surface area contributed by atoms with E-state index in [1.807, 2.05) is 0 Å². The number of methoxy groups -OCH3 is 1. The highest BCUT2D eigenvalue weighted by atomic mass is 32.2. The summed E-state index contributed by atoms with van der Waals surface area (Å²) in [6, 6.07) is 4.49. The zero-order chi connectivity index (χ0) is 18.3. The molecule has 0 bridgehead atoms. The molecule has 11 heteroatoms. The number of carbonyl (C=O) groups is 1. The van der Waals surface area contributed by atoms with Crippen LogP contribution >= 0.6 is 23.1 Å². The number of thioether (sulfide) groups is 1. The highest BCUT2D eigenvalue weighted by Crippen LogP contribution is 2.31. The number of nitrogens with zero attached hydrogens (tertiary/aromatic N) is 2. The molecule has 1 aromatic heterocycles. The van der Waals surface area contributed by atoms with Crippen LogP contribution in [0.1, 0.15) is 5.56 Å². The van der Waals surface area contributed by atoms with Crippen LogP contribution in [0.15, 0.2) is 28.6 Å². The van der Waals surface area contributed by atoms with Crippen molar-refractivity contribution in [3.8, 4) is 0 Å². The number of halogens is 3. The largest absolute Gasteiger partial charge is 0.416 e. The summed E-state index contributed by atoms with van der Waals surface area (Å²) in [5.74, 6) is -0.406. The number of nitrogens with one attached hydrogen (secondary N) is 2. The van der Waals surface area contributed by atoms with Crippen molar-refractivity contribution >= 4 is 39.8 Å². The zero-order valence-electron chi connectivity index (χ0n) is 13.1. The van der Waals surface area contributed by atoms with Gasteiger partial charge in [0.25, 0.3) is 0 Å².